The summed E-state index contributed by atoms with van der Waals surface area (Å²) >= 11 is 12.5. The second-order valence-electron chi connectivity index (χ2n) is 9.26. The number of halogens is 3. The molecular formula is C25H25Cl2FN2O4. The molecule has 1 aliphatic heterocycles. The van der Waals surface area contributed by atoms with Gasteiger partial charge in [-0.15, -0.1) is 0 Å². The zero-order valence-electron chi connectivity index (χ0n) is 18.7. The molecule has 1 heterocycles. The van der Waals surface area contributed by atoms with Crippen LogP contribution in [-0.4, -0.2) is 49.2 Å². The summed E-state index contributed by atoms with van der Waals surface area (Å²) in [6.45, 7) is 0.526. The highest BCUT2D eigenvalue weighted by Crippen LogP contribution is 2.47. The largest absolute Gasteiger partial charge is 0.475 e. The van der Waals surface area contributed by atoms with Crippen LogP contribution in [0.2, 0.25) is 10.0 Å². The molecule has 34 heavy (non-hydrogen) atoms. The molecule has 1 atom stereocenters. The predicted octanol–water partition coefficient (Wildman–Crippen LogP) is 5.58. The number of urea groups is 1. The molecule has 2 aliphatic carbocycles. The highest BCUT2D eigenvalue weighted by molar-refractivity contribution is 6.42. The Morgan fingerprint density at radius 1 is 1.18 bits per heavy atom. The summed E-state index contributed by atoms with van der Waals surface area (Å²) in [6.07, 6.45) is 3.76. The number of esters is 1. The minimum Gasteiger partial charge on any atom is -0.475 e. The van der Waals surface area contributed by atoms with Crippen LogP contribution in [0.25, 0.3) is 0 Å². The van der Waals surface area contributed by atoms with Crippen molar-refractivity contribution in [2.24, 2.45) is 0 Å². The maximum atomic E-state index is 14.0. The average molecular weight is 507 g/mol. The monoisotopic (exact) mass is 506 g/mol. The van der Waals surface area contributed by atoms with Gasteiger partial charge in [0.25, 0.3) is 0 Å². The van der Waals surface area contributed by atoms with E-state index in [0.29, 0.717) is 22.3 Å². The van der Waals surface area contributed by atoms with E-state index in [2.05, 4.69) is 0 Å². The lowest BCUT2D eigenvalue weighted by atomic mass is 9.64. The van der Waals surface area contributed by atoms with Gasteiger partial charge >= 0.3 is 12.0 Å². The van der Waals surface area contributed by atoms with Gasteiger partial charge in [-0.05, 0) is 55.5 Å². The summed E-state index contributed by atoms with van der Waals surface area (Å²) in [5.41, 5.74) is 1.31. The first kappa shape index (κ1) is 23.2. The number of hydrogen-bond donors (Lipinski definition) is 0. The van der Waals surface area contributed by atoms with Crippen molar-refractivity contribution in [3.05, 3.63) is 57.8 Å². The Kier molecular flexibility index (Phi) is 6.10. The van der Waals surface area contributed by atoms with Crippen molar-refractivity contribution in [3.63, 3.8) is 0 Å². The van der Waals surface area contributed by atoms with Crippen LogP contribution in [0, 0.1) is 5.82 Å². The first-order chi connectivity index (χ1) is 16.3. The van der Waals surface area contributed by atoms with Crippen molar-refractivity contribution in [1.29, 1.82) is 0 Å². The molecule has 0 bridgehead atoms. The van der Waals surface area contributed by atoms with Crippen LogP contribution in [0.5, 0.6) is 5.75 Å². The van der Waals surface area contributed by atoms with E-state index in [9.17, 15) is 14.0 Å². The summed E-state index contributed by atoms with van der Waals surface area (Å²) < 4.78 is 24.4. The number of ether oxygens (including phenoxy) is 2. The molecule has 0 spiro atoms. The molecule has 6 nitrogen and oxygen atoms in total. The molecule has 0 N–H and O–H groups in total. The third-order valence-corrected chi connectivity index (χ3v) is 7.81. The van der Waals surface area contributed by atoms with E-state index in [1.807, 2.05) is 17.0 Å². The van der Waals surface area contributed by atoms with Crippen LogP contribution >= 0.6 is 23.2 Å². The molecule has 2 aromatic rings. The van der Waals surface area contributed by atoms with Crippen LogP contribution in [0.15, 0.2) is 36.4 Å². The maximum Gasteiger partial charge on any atom is 0.348 e. The smallest absolute Gasteiger partial charge is 0.348 e. The summed E-state index contributed by atoms with van der Waals surface area (Å²) in [4.78, 5) is 29.6. The van der Waals surface area contributed by atoms with Crippen molar-refractivity contribution in [2.45, 2.75) is 49.7 Å². The van der Waals surface area contributed by atoms with Gasteiger partial charge in [-0.1, -0.05) is 35.7 Å². The van der Waals surface area contributed by atoms with Gasteiger partial charge in [-0.2, -0.15) is 0 Å². The number of benzene rings is 2. The molecule has 1 unspecified atom stereocenters. The standard InChI is InChI=1S/C25H25Cl2FN2O4/c1-33-23(31)22-13-29(20-8-4-16(28)12-21(20)34-22)24(32)30(17-5-6-17)14-25(9-2-10-25)15-3-7-18(26)19(27)11-15/h3-4,7-8,11-12,17,22H,2,5-6,9-10,13-14H2,1H3. The number of anilines is 1. The summed E-state index contributed by atoms with van der Waals surface area (Å²) in [6, 6.07) is 9.58. The second-order valence-corrected chi connectivity index (χ2v) is 10.1. The van der Waals surface area contributed by atoms with Crippen LogP contribution in [-0.2, 0) is 14.9 Å². The third-order valence-electron chi connectivity index (χ3n) is 7.07. The maximum absolute atomic E-state index is 14.0. The summed E-state index contributed by atoms with van der Waals surface area (Å²) in [7, 11) is 1.26. The molecule has 2 saturated carbocycles. The van der Waals surface area contributed by atoms with E-state index in [4.69, 9.17) is 32.7 Å². The zero-order valence-corrected chi connectivity index (χ0v) is 20.2. The molecule has 2 fully saturated rings. The normalized spacial score (nSPS) is 20.6. The lowest BCUT2D eigenvalue weighted by molar-refractivity contribution is -0.148. The Bertz CT molecular complexity index is 1140. The van der Waals surface area contributed by atoms with Gasteiger partial charge in [0.1, 0.15) is 11.6 Å². The number of hydrogen-bond acceptors (Lipinski definition) is 4. The number of rotatable bonds is 5. The van der Waals surface area contributed by atoms with Crippen LogP contribution < -0.4 is 9.64 Å². The molecule has 3 aliphatic rings. The van der Waals surface area contributed by atoms with Crippen molar-refractivity contribution in [3.8, 4) is 5.75 Å². The highest BCUT2D eigenvalue weighted by Gasteiger charge is 2.47. The molecule has 0 aromatic heterocycles. The first-order valence-corrected chi connectivity index (χ1v) is 12.1. The number of fused-ring (bicyclic) bond motifs is 1. The van der Waals surface area contributed by atoms with Crippen LogP contribution in [0.3, 0.4) is 0 Å². The quantitative estimate of drug-likeness (QED) is 0.496. The van der Waals surface area contributed by atoms with Crippen molar-refractivity contribution in [1.82, 2.24) is 4.90 Å². The van der Waals surface area contributed by atoms with E-state index in [0.717, 1.165) is 37.7 Å². The fourth-order valence-electron chi connectivity index (χ4n) is 4.88. The number of amides is 2. The fourth-order valence-corrected chi connectivity index (χ4v) is 5.18. The lowest BCUT2D eigenvalue weighted by Crippen LogP contribution is -2.56. The fraction of sp³-hybridized carbons (Fsp3) is 0.440. The Morgan fingerprint density at radius 3 is 2.56 bits per heavy atom. The number of nitrogens with zero attached hydrogens (tertiary/aromatic N) is 2. The molecular weight excluding hydrogens is 482 g/mol. The lowest BCUT2D eigenvalue weighted by Gasteiger charge is -2.47. The highest BCUT2D eigenvalue weighted by atomic mass is 35.5. The van der Waals surface area contributed by atoms with E-state index in [1.54, 1.807) is 6.07 Å². The summed E-state index contributed by atoms with van der Waals surface area (Å²) in [5, 5.41) is 1.00. The molecule has 0 saturated heterocycles. The minimum atomic E-state index is -1.03. The van der Waals surface area contributed by atoms with Gasteiger partial charge in [-0.3, -0.25) is 4.90 Å². The number of carbonyl (C=O) groups excluding carboxylic acids is 2. The third kappa shape index (κ3) is 4.20. The van der Waals surface area contributed by atoms with Crippen LogP contribution in [0.4, 0.5) is 14.9 Å². The van der Waals surface area contributed by atoms with Gasteiger partial charge < -0.3 is 14.4 Å². The van der Waals surface area contributed by atoms with Gasteiger partial charge in [0.2, 0.25) is 6.10 Å². The topological polar surface area (TPSA) is 59.1 Å². The van der Waals surface area contributed by atoms with Gasteiger partial charge in [0.05, 0.1) is 29.4 Å². The first-order valence-electron chi connectivity index (χ1n) is 11.4. The molecule has 2 amide bonds. The van der Waals surface area contributed by atoms with Crippen LogP contribution in [0.1, 0.15) is 37.7 Å². The van der Waals surface area contributed by atoms with E-state index >= 15 is 0 Å². The van der Waals surface area contributed by atoms with Crippen molar-refractivity contribution < 1.29 is 23.5 Å². The summed E-state index contributed by atoms with van der Waals surface area (Å²) in [5.74, 6) is -0.978. The Labute approximate surface area is 207 Å². The Morgan fingerprint density at radius 2 is 1.94 bits per heavy atom. The Balaban J connectivity index is 1.47. The number of methoxy groups -OCH3 is 1. The van der Waals surface area contributed by atoms with Crippen molar-refractivity contribution >= 4 is 40.9 Å². The van der Waals surface area contributed by atoms with E-state index in [-0.39, 0.29) is 29.8 Å². The van der Waals surface area contributed by atoms with Gasteiger partial charge in [0, 0.05) is 24.1 Å². The Hall–Kier alpha value is -2.51. The molecule has 0 radical (unpaired) electrons. The minimum absolute atomic E-state index is 0.00681. The average Bonchev–Trinajstić information content (AvgIpc) is 3.64. The second kappa shape index (κ2) is 8.93. The van der Waals surface area contributed by atoms with E-state index < -0.39 is 17.9 Å². The molecule has 5 rings (SSSR count). The van der Waals surface area contributed by atoms with E-state index in [1.165, 1.54) is 30.2 Å². The SMILES string of the molecule is COC(=O)C1CN(C(=O)N(CC2(c3ccc(Cl)c(Cl)c3)CCC2)C2CC2)c2ccc(F)cc2O1. The van der Waals surface area contributed by atoms with Crippen molar-refractivity contribution in [2.75, 3.05) is 25.1 Å². The number of carbonyl (C=O) groups is 2. The zero-order chi connectivity index (χ0) is 24.0. The predicted molar refractivity (Wildman–Crippen MR) is 127 cm³/mol. The molecule has 9 heteroatoms. The van der Waals surface area contributed by atoms with Gasteiger partial charge in [0.15, 0.2) is 0 Å². The van der Waals surface area contributed by atoms with Gasteiger partial charge in [-0.25, -0.2) is 14.0 Å². The molecule has 180 valence electrons. The molecule has 2 aromatic carbocycles.